The molecule has 6 heteroatoms. The van der Waals surface area contributed by atoms with E-state index >= 15 is 0 Å². The quantitative estimate of drug-likeness (QED) is 0.349. The maximum atomic E-state index is 11.8. The standard InChI is InChI=1S/C13H18BN3O2/c1-3-19-13(18)12(15-17-16-14)9-10(2)11-7-5-4-6-8-11/h4-8,12H,2-3,9,14H2,1H3,(H,15,16)/t12-/m0/s1. The summed E-state index contributed by atoms with van der Waals surface area (Å²) in [6, 6.07) is 9.12. The molecule has 0 aromatic heterocycles. The van der Waals surface area contributed by atoms with E-state index in [0.717, 1.165) is 11.1 Å². The molecule has 0 saturated carbocycles. The van der Waals surface area contributed by atoms with Gasteiger partial charge in [0.2, 0.25) is 0 Å². The van der Waals surface area contributed by atoms with Crippen LogP contribution in [0.5, 0.6) is 0 Å². The predicted octanol–water partition coefficient (Wildman–Crippen LogP) is 1.53. The van der Waals surface area contributed by atoms with Crippen LogP contribution in [0, 0.1) is 0 Å². The van der Waals surface area contributed by atoms with Crippen molar-refractivity contribution in [2.24, 2.45) is 10.2 Å². The zero-order valence-corrected chi connectivity index (χ0v) is 11.3. The number of nitrogens with one attached hydrogen (secondary N) is 1. The van der Waals surface area contributed by atoms with Crippen molar-refractivity contribution in [1.82, 2.24) is 5.43 Å². The van der Waals surface area contributed by atoms with Gasteiger partial charge in [-0.2, -0.15) is 0 Å². The predicted molar refractivity (Wildman–Crippen MR) is 77.0 cm³/mol. The van der Waals surface area contributed by atoms with Crippen LogP contribution < -0.4 is 5.43 Å². The maximum absolute atomic E-state index is 11.8. The van der Waals surface area contributed by atoms with Gasteiger partial charge in [0, 0.05) is 6.42 Å². The molecule has 0 aliphatic rings. The van der Waals surface area contributed by atoms with Crippen molar-refractivity contribution in [3.8, 4) is 0 Å². The van der Waals surface area contributed by atoms with Gasteiger partial charge in [-0.3, -0.25) is 5.43 Å². The van der Waals surface area contributed by atoms with Gasteiger partial charge in [0.1, 0.15) is 6.04 Å². The number of esters is 1. The fourth-order valence-corrected chi connectivity index (χ4v) is 1.59. The Bertz CT molecular complexity index is 448. The highest BCUT2D eigenvalue weighted by Crippen LogP contribution is 2.18. The maximum Gasteiger partial charge on any atom is 0.330 e. The molecule has 1 N–H and O–H groups in total. The molecule has 0 unspecified atom stereocenters. The largest absolute Gasteiger partial charge is 0.464 e. The second-order valence-corrected chi connectivity index (χ2v) is 3.91. The number of hydrogen-bond acceptors (Lipinski definition) is 4. The Morgan fingerprint density at radius 2 is 2.16 bits per heavy atom. The van der Waals surface area contributed by atoms with E-state index in [-0.39, 0.29) is 5.97 Å². The van der Waals surface area contributed by atoms with Crippen LogP contribution in [0.2, 0.25) is 0 Å². The minimum absolute atomic E-state index is 0.331. The zero-order valence-electron chi connectivity index (χ0n) is 11.3. The SMILES string of the molecule is BN=NN[C@@H](CC(=C)c1ccccc1)C(=O)OCC. The molecule has 0 aliphatic heterocycles. The fraction of sp³-hybridized carbons (Fsp3) is 0.308. The number of carbonyl (C=O) groups is 1. The van der Waals surface area contributed by atoms with Gasteiger partial charge >= 0.3 is 5.97 Å². The Morgan fingerprint density at radius 3 is 2.74 bits per heavy atom. The van der Waals surface area contributed by atoms with Crippen molar-refractivity contribution < 1.29 is 9.53 Å². The lowest BCUT2D eigenvalue weighted by molar-refractivity contribution is -0.145. The number of hydrogen-bond donors (Lipinski definition) is 1. The summed E-state index contributed by atoms with van der Waals surface area (Å²) in [6.07, 6.45) is 0.419. The summed E-state index contributed by atoms with van der Waals surface area (Å²) < 4.78 is 4.99. The monoisotopic (exact) mass is 259 g/mol. The Balaban J connectivity index is 2.71. The molecular weight excluding hydrogens is 241 g/mol. The summed E-state index contributed by atoms with van der Waals surface area (Å²) in [5.74, 6) is -0.355. The molecule has 0 bridgehead atoms. The van der Waals surface area contributed by atoms with Crippen LogP contribution in [0.25, 0.3) is 5.57 Å². The van der Waals surface area contributed by atoms with Gasteiger partial charge in [-0.05, 0) is 18.1 Å². The molecule has 19 heavy (non-hydrogen) atoms. The second kappa shape index (κ2) is 8.08. The fourth-order valence-electron chi connectivity index (χ4n) is 1.59. The molecule has 1 aromatic carbocycles. The van der Waals surface area contributed by atoms with Gasteiger partial charge in [-0.15, -0.1) is 0 Å². The Hall–Kier alpha value is -2.11. The number of rotatable bonds is 7. The summed E-state index contributed by atoms with van der Waals surface area (Å²) in [5, 5.41) is 7.23. The van der Waals surface area contributed by atoms with Crippen LogP contribution in [0.3, 0.4) is 0 Å². The number of ether oxygens (including phenoxy) is 1. The molecule has 0 fully saturated rings. The lowest BCUT2D eigenvalue weighted by Gasteiger charge is -2.16. The first kappa shape index (κ1) is 15.0. The van der Waals surface area contributed by atoms with Crippen molar-refractivity contribution in [3.05, 3.63) is 42.5 Å². The summed E-state index contributed by atoms with van der Waals surface area (Å²) in [7, 11) is 1.53. The van der Waals surface area contributed by atoms with Crippen molar-refractivity contribution in [2.75, 3.05) is 6.61 Å². The normalized spacial score (nSPS) is 12.1. The van der Waals surface area contributed by atoms with Gasteiger partial charge in [0.25, 0.3) is 7.98 Å². The van der Waals surface area contributed by atoms with E-state index in [0.29, 0.717) is 13.0 Å². The minimum atomic E-state index is -0.573. The van der Waals surface area contributed by atoms with E-state index in [4.69, 9.17) is 4.74 Å². The van der Waals surface area contributed by atoms with Gasteiger partial charge in [-0.1, -0.05) is 42.1 Å². The topological polar surface area (TPSA) is 63.0 Å². The van der Waals surface area contributed by atoms with Crippen molar-refractivity contribution in [1.29, 1.82) is 0 Å². The molecule has 0 heterocycles. The first-order chi connectivity index (χ1) is 9.19. The second-order valence-electron chi connectivity index (χ2n) is 3.91. The van der Waals surface area contributed by atoms with Crippen LogP contribution in [0.1, 0.15) is 18.9 Å². The average molecular weight is 259 g/mol. The number of carbonyl (C=O) groups excluding carboxylic acids is 1. The van der Waals surface area contributed by atoms with E-state index in [1.54, 1.807) is 6.92 Å². The molecule has 0 aliphatic carbocycles. The van der Waals surface area contributed by atoms with Crippen molar-refractivity contribution >= 4 is 19.5 Å². The number of benzene rings is 1. The summed E-state index contributed by atoms with van der Waals surface area (Å²) in [4.78, 5) is 11.8. The first-order valence-electron chi connectivity index (χ1n) is 6.13. The zero-order chi connectivity index (χ0) is 14.1. The smallest absolute Gasteiger partial charge is 0.330 e. The first-order valence-corrected chi connectivity index (χ1v) is 6.13. The molecule has 5 nitrogen and oxygen atoms in total. The third-order valence-corrected chi connectivity index (χ3v) is 2.52. The summed E-state index contributed by atoms with van der Waals surface area (Å²) in [5.41, 5.74) is 4.52. The van der Waals surface area contributed by atoms with E-state index in [1.807, 2.05) is 30.3 Å². The van der Waals surface area contributed by atoms with Crippen LogP contribution in [0.15, 0.2) is 47.2 Å². The third-order valence-electron chi connectivity index (χ3n) is 2.52. The van der Waals surface area contributed by atoms with E-state index in [2.05, 4.69) is 22.3 Å². The van der Waals surface area contributed by atoms with Crippen LogP contribution >= 0.6 is 0 Å². The van der Waals surface area contributed by atoms with E-state index < -0.39 is 6.04 Å². The highest BCUT2D eigenvalue weighted by Gasteiger charge is 2.20. The van der Waals surface area contributed by atoms with Gasteiger partial charge in [0.05, 0.1) is 6.61 Å². The molecule has 1 rings (SSSR count). The highest BCUT2D eigenvalue weighted by molar-refractivity contribution is 6.04. The van der Waals surface area contributed by atoms with Crippen LogP contribution in [-0.2, 0) is 9.53 Å². The molecular formula is C13H18BN3O2. The summed E-state index contributed by atoms with van der Waals surface area (Å²) >= 11 is 0. The molecule has 0 radical (unpaired) electrons. The average Bonchev–Trinajstić information content (AvgIpc) is 2.44. The van der Waals surface area contributed by atoms with Crippen molar-refractivity contribution in [3.63, 3.8) is 0 Å². The Labute approximate surface area is 114 Å². The molecule has 0 saturated heterocycles. The van der Waals surface area contributed by atoms with Gasteiger partial charge in [-0.25, -0.2) is 9.82 Å². The number of nitrogens with zero attached hydrogens (tertiary/aromatic N) is 2. The van der Waals surface area contributed by atoms with Crippen LogP contribution in [-0.4, -0.2) is 26.6 Å². The molecule has 0 amide bonds. The Kier molecular flexibility index (Phi) is 6.36. The lowest BCUT2D eigenvalue weighted by Crippen LogP contribution is -2.35. The summed E-state index contributed by atoms with van der Waals surface area (Å²) in [6.45, 7) is 6.09. The van der Waals surface area contributed by atoms with Gasteiger partial charge in [0.15, 0.2) is 0 Å². The molecule has 0 spiro atoms. The third kappa shape index (κ3) is 4.95. The lowest BCUT2D eigenvalue weighted by atomic mass is 10.0. The van der Waals surface area contributed by atoms with Gasteiger partial charge < -0.3 is 4.74 Å². The Morgan fingerprint density at radius 1 is 1.47 bits per heavy atom. The van der Waals surface area contributed by atoms with Crippen molar-refractivity contribution in [2.45, 2.75) is 19.4 Å². The molecule has 100 valence electrons. The molecule has 1 atom stereocenters. The van der Waals surface area contributed by atoms with E-state index in [1.165, 1.54) is 7.98 Å². The minimum Gasteiger partial charge on any atom is -0.464 e. The van der Waals surface area contributed by atoms with Crippen LogP contribution in [0.4, 0.5) is 0 Å². The van der Waals surface area contributed by atoms with E-state index in [9.17, 15) is 4.79 Å². The molecule has 1 aromatic rings. The highest BCUT2D eigenvalue weighted by atomic mass is 16.5.